The van der Waals surface area contributed by atoms with E-state index in [4.69, 9.17) is 16.1 Å². The number of carbonyl (C=O) groups is 2. The van der Waals surface area contributed by atoms with Crippen molar-refractivity contribution >= 4 is 23.2 Å². The summed E-state index contributed by atoms with van der Waals surface area (Å²) in [7, 11) is 0. The van der Waals surface area contributed by atoms with Crippen molar-refractivity contribution in [3.63, 3.8) is 0 Å². The molecule has 2 aromatic carbocycles. The van der Waals surface area contributed by atoms with Gasteiger partial charge in [0.2, 0.25) is 0 Å². The molecule has 0 amide bonds. The first-order valence-corrected chi connectivity index (χ1v) is 14.8. The van der Waals surface area contributed by atoms with Crippen molar-refractivity contribution in [2.24, 2.45) is 5.41 Å². The van der Waals surface area contributed by atoms with Crippen molar-refractivity contribution in [1.82, 2.24) is 10.1 Å². The SMILES string of the molecule is CC1(O)CCC(N2CC(CC(=O)CC(C)(C)c3ccc(Cl)cc3)(CC(=O)c3cc(-c4ccc(F)cc4F)on3)C2)CC1. The Hall–Kier alpha value is -2.94. The first kappa shape index (κ1) is 30.5. The molecule has 0 bridgehead atoms. The predicted octanol–water partition coefficient (Wildman–Crippen LogP) is 7.17. The summed E-state index contributed by atoms with van der Waals surface area (Å²) < 4.78 is 32.9. The second-order valence-electron chi connectivity index (χ2n) is 13.2. The van der Waals surface area contributed by atoms with Crippen LogP contribution in [0.3, 0.4) is 0 Å². The number of rotatable bonds is 10. The van der Waals surface area contributed by atoms with Gasteiger partial charge in [0.15, 0.2) is 11.5 Å². The van der Waals surface area contributed by atoms with Gasteiger partial charge >= 0.3 is 0 Å². The number of aromatic nitrogens is 1. The molecule has 5 rings (SSSR count). The van der Waals surface area contributed by atoms with Crippen LogP contribution in [0.15, 0.2) is 53.1 Å². The normalized spacial score (nSPS) is 22.5. The van der Waals surface area contributed by atoms with Crippen LogP contribution in [0.25, 0.3) is 11.3 Å². The van der Waals surface area contributed by atoms with Gasteiger partial charge in [0.05, 0.1) is 11.2 Å². The molecule has 42 heavy (non-hydrogen) atoms. The Bertz CT molecular complexity index is 1450. The molecule has 1 saturated heterocycles. The molecular weight excluding hydrogens is 562 g/mol. The zero-order valence-electron chi connectivity index (χ0n) is 24.3. The van der Waals surface area contributed by atoms with E-state index < -0.39 is 28.1 Å². The van der Waals surface area contributed by atoms with Gasteiger partial charge in [-0.3, -0.25) is 14.5 Å². The summed E-state index contributed by atoms with van der Waals surface area (Å²) in [5, 5.41) is 14.9. The first-order valence-electron chi connectivity index (χ1n) is 14.4. The Labute approximate surface area is 250 Å². The smallest absolute Gasteiger partial charge is 0.185 e. The van der Waals surface area contributed by atoms with E-state index in [2.05, 4.69) is 10.1 Å². The fourth-order valence-electron chi connectivity index (χ4n) is 6.58. The summed E-state index contributed by atoms with van der Waals surface area (Å²) in [4.78, 5) is 29.3. The quantitative estimate of drug-likeness (QED) is 0.249. The minimum absolute atomic E-state index is 0.0141. The zero-order valence-corrected chi connectivity index (χ0v) is 25.0. The lowest BCUT2D eigenvalue weighted by atomic mass is 9.68. The summed E-state index contributed by atoms with van der Waals surface area (Å²) in [6, 6.07) is 12.3. The van der Waals surface area contributed by atoms with E-state index in [9.17, 15) is 23.5 Å². The maximum atomic E-state index is 14.3. The summed E-state index contributed by atoms with van der Waals surface area (Å²) in [6.07, 6.45) is 3.82. The average molecular weight is 599 g/mol. The van der Waals surface area contributed by atoms with Crippen LogP contribution in [-0.4, -0.2) is 51.5 Å². The Morgan fingerprint density at radius 3 is 2.38 bits per heavy atom. The number of hydrogen-bond acceptors (Lipinski definition) is 6. The highest BCUT2D eigenvalue weighted by molar-refractivity contribution is 6.30. The molecule has 1 aromatic heterocycles. The molecule has 1 aliphatic carbocycles. The average Bonchev–Trinajstić information content (AvgIpc) is 3.37. The molecule has 1 saturated carbocycles. The van der Waals surface area contributed by atoms with Crippen LogP contribution in [0.4, 0.5) is 8.78 Å². The van der Waals surface area contributed by atoms with Crippen LogP contribution in [0.2, 0.25) is 5.02 Å². The van der Waals surface area contributed by atoms with Crippen LogP contribution in [-0.2, 0) is 10.2 Å². The van der Waals surface area contributed by atoms with E-state index in [0.717, 1.165) is 43.4 Å². The number of carbonyl (C=O) groups excluding carboxylic acids is 2. The topological polar surface area (TPSA) is 83.6 Å². The number of Topliss-reactive ketones (excluding diaryl/α,β-unsaturated/α-hetero) is 2. The molecular formula is C33H37ClF2N2O4. The van der Waals surface area contributed by atoms with E-state index in [-0.39, 0.29) is 41.4 Å². The third-order valence-corrected chi connectivity index (χ3v) is 9.24. The number of hydrogen-bond donors (Lipinski definition) is 1. The number of benzene rings is 2. The van der Waals surface area contributed by atoms with Crippen LogP contribution in [0, 0.1) is 17.0 Å². The molecule has 1 aliphatic heterocycles. The molecule has 0 atom stereocenters. The van der Waals surface area contributed by atoms with Gasteiger partial charge in [0, 0.05) is 61.0 Å². The van der Waals surface area contributed by atoms with Crippen LogP contribution >= 0.6 is 11.6 Å². The third-order valence-electron chi connectivity index (χ3n) is 8.99. The lowest BCUT2D eigenvalue weighted by Gasteiger charge is -2.55. The van der Waals surface area contributed by atoms with Gasteiger partial charge in [-0.25, -0.2) is 8.78 Å². The summed E-state index contributed by atoms with van der Waals surface area (Å²) >= 11 is 6.06. The van der Waals surface area contributed by atoms with Gasteiger partial charge in [-0.2, -0.15) is 0 Å². The first-order chi connectivity index (χ1) is 19.7. The number of aliphatic hydroxyl groups is 1. The molecule has 2 fully saturated rings. The highest BCUT2D eigenvalue weighted by Crippen LogP contribution is 2.44. The van der Waals surface area contributed by atoms with Crippen LogP contribution in [0.1, 0.15) is 81.8 Å². The molecule has 3 aromatic rings. The number of likely N-dealkylation sites (tertiary alicyclic amines) is 1. The summed E-state index contributed by atoms with van der Waals surface area (Å²) in [5.41, 5.74) is -0.546. The maximum Gasteiger partial charge on any atom is 0.185 e. The standard InChI is InChI=1S/C33H37ClF2N2O4/c1-31(2,21-4-6-22(34)7-5-21)16-25(39)17-33(19-38(20-33)24-10-12-32(3,41)13-11-24)18-29(40)28-15-30(42-37-28)26-9-8-23(35)14-27(26)36/h4-9,14-15,24,41H,10-13,16-20H2,1-3H3. The highest BCUT2D eigenvalue weighted by atomic mass is 35.5. The third kappa shape index (κ3) is 6.82. The maximum absolute atomic E-state index is 14.3. The molecule has 6 nitrogen and oxygen atoms in total. The van der Waals surface area contributed by atoms with Crippen molar-refractivity contribution in [3.8, 4) is 11.3 Å². The van der Waals surface area contributed by atoms with Crippen LogP contribution < -0.4 is 0 Å². The van der Waals surface area contributed by atoms with Crippen LogP contribution in [0.5, 0.6) is 0 Å². The largest absolute Gasteiger partial charge is 0.390 e. The summed E-state index contributed by atoms with van der Waals surface area (Å²) in [6.45, 7) is 7.11. The van der Waals surface area contributed by atoms with E-state index in [1.54, 1.807) is 0 Å². The Balaban J connectivity index is 1.31. The number of nitrogens with zero attached hydrogens (tertiary/aromatic N) is 2. The Kier molecular flexibility index (Phi) is 8.45. The zero-order chi connectivity index (χ0) is 30.3. The lowest BCUT2D eigenvalue weighted by Crippen LogP contribution is -2.62. The van der Waals surface area contributed by atoms with Gasteiger partial charge in [0.25, 0.3) is 0 Å². The van der Waals surface area contributed by atoms with E-state index in [0.29, 0.717) is 30.6 Å². The Morgan fingerprint density at radius 1 is 1.07 bits per heavy atom. The van der Waals surface area contributed by atoms with Crippen molar-refractivity contribution in [1.29, 1.82) is 0 Å². The van der Waals surface area contributed by atoms with Gasteiger partial charge < -0.3 is 9.63 Å². The second kappa shape index (κ2) is 11.6. The number of halogens is 3. The van der Waals surface area contributed by atoms with Gasteiger partial charge in [-0.05, 0) is 67.9 Å². The van der Waals surface area contributed by atoms with Gasteiger partial charge in [0.1, 0.15) is 23.1 Å². The predicted molar refractivity (Wildman–Crippen MR) is 156 cm³/mol. The monoisotopic (exact) mass is 598 g/mol. The van der Waals surface area contributed by atoms with Crippen molar-refractivity contribution < 1.29 is 28.0 Å². The fourth-order valence-corrected chi connectivity index (χ4v) is 6.71. The molecule has 2 aliphatic rings. The highest BCUT2D eigenvalue weighted by Gasteiger charge is 2.49. The molecule has 0 radical (unpaired) electrons. The lowest BCUT2D eigenvalue weighted by molar-refractivity contribution is -0.128. The Morgan fingerprint density at radius 2 is 1.74 bits per heavy atom. The fraction of sp³-hybridized carbons (Fsp3) is 0.485. The van der Waals surface area contributed by atoms with Crippen molar-refractivity contribution in [2.45, 2.75) is 82.8 Å². The second-order valence-corrected chi connectivity index (χ2v) is 13.7. The molecule has 1 N–H and O–H groups in total. The minimum Gasteiger partial charge on any atom is -0.390 e. The van der Waals surface area contributed by atoms with E-state index in [1.165, 1.54) is 12.1 Å². The molecule has 224 valence electrons. The molecule has 0 unspecified atom stereocenters. The minimum atomic E-state index is -0.809. The van der Waals surface area contributed by atoms with Crippen molar-refractivity contribution in [3.05, 3.63) is 76.4 Å². The van der Waals surface area contributed by atoms with Gasteiger partial charge in [-0.15, -0.1) is 0 Å². The number of ketones is 2. The molecule has 2 heterocycles. The van der Waals surface area contributed by atoms with E-state index in [1.807, 2.05) is 45.0 Å². The molecule has 9 heteroatoms. The summed E-state index contributed by atoms with van der Waals surface area (Å²) in [5.74, 6) is -1.70. The van der Waals surface area contributed by atoms with Gasteiger partial charge in [-0.1, -0.05) is 42.7 Å². The molecule has 0 spiro atoms. The van der Waals surface area contributed by atoms with Crippen molar-refractivity contribution in [2.75, 3.05) is 13.1 Å². The van der Waals surface area contributed by atoms with E-state index >= 15 is 0 Å².